The van der Waals surface area contributed by atoms with E-state index in [0.717, 1.165) is 34.0 Å². The SMILES string of the molecule is CCc1cccc2c(-c3ccccc3)c(C(=O)NN=Cc3cc(Br)cc(Br)c3OC(=O)c3ccc([N+](=O)[O-])cc3)[nH]c12. The number of carbonyl (C=O) groups excluding carboxylic acids is 2. The maximum Gasteiger partial charge on any atom is 0.343 e. The third kappa shape index (κ3) is 6.02. The summed E-state index contributed by atoms with van der Waals surface area (Å²) in [6.45, 7) is 2.06. The average Bonchev–Trinajstić information content (AvgIpc) is 3.39. The topological polar surface area (TPSA) is 127 Å². The predicted octanol–water partition coefficient (Wildman–Crippen LogP) is 7.81. The maximum atomic E-state index is 13.4. The van der Waals surface area contributed by atoms with Gasteiger partial charge in [-0.05, 0) is 57.7 Å². The Kier molecular flexibility index (Phi) is 8.60. The number of fused-ring (bicyclic) bond motifs is 1. The molecule has 0 radical (unpaired) electrons. The van der Waals surface area contributed by atoms with Crippen molar-refractivity contribution in [2.24, 2.45) is 5.10 Å². The highest BCUT2D eigenvalue weighted by atomic mass is 79.9. The number of non-ortho nitro benzene ring substituents is 1. The normalized spacial score (nSPS) is 11.1. The van der Waals surface area contributed by atoms with Crippen molar-refractivity contribution in [2.75, 3.05) is 0 Å². The first kappa shape index (κ1) is 28.9. The van der Waals surface area contributed by atoms with Crippen LogP contribution in [0, 0.1) is 10.1 Å². The Hall–Kier alpha value is -4.61. The van der Waals surface area contributed by atoms with Crippen LogP contribution in [0.2, 0.25) is 0 Å². The Labute approximate surface area is 257 Å². The van der Waals surface area contributed by atoms with Crippen molar-refractivity contribution in [3.05, 3.63) is 126 Å². The lowest BCUT2D eigenvalue weighted by Gasteiger charge is -2.10. The van der Waals surface area contributed by atoms with Gasteiger partial charge in [0.15, 0.2) is 5.75 Å². The summed E-state index contributed by atoms with van der Waals surface area (Å²) < 4.78 is 6.74. The molecule has 0 spiro atoms. The van der Waals surface area contributed by atoms with Gasteiger partial charge in [-0.2, -0.15) is 5.10 Å². The Morgan fingerprint density at radius 2 is 1.76 bits per heavy atom. The standard InChI is InChI=1S/C31H22Br2N4O5/c1-2-18-9-6-10-24-26(19-7-4-3-5-8-19)28(35-27(18)24)30(38)36-34-17-21-15-22(32)16-25(33)29(21)42-31(39)20-11-13-23(14-12-20)37(40)41/h3-17,35H,2H2,1H3,(H,36,38). The number of aromatic amines is 1. The van der Waals surface area contributed by atoms with Crippen molar-refractivity contribution in [1.82, 2.24) is 10.4 Å². The molecule has 0 aliphatic rings. The number of esters is 1. The van der Waals surface area contributed by atoms with Gasteiger partial charge in [0.05, 0.1) is 21.2 Å². The summed E-state index contributed by atoms with van der Waals surface area (Å²) in [7, 11) is 0. The number of hydrazone groups is 1. The summed E-state index contributed by atoms with van der Waals surface area (Å²) in [5.74, 6) is -1.01. The smallest absolute Gasteiger partial charge is 0.343 e. The van der Waals surface area contributed by atoms with Crippen molar-refractivity contribution in [3.8, 4) is 16.9 Å². The fourth-order valence-corrected chi connectivity index (χ4v) is 5.86. The van der Waals surface area contributed by atoms with Crippen LogP contribution < -0.4 is 10.2 Å². The van der Waals surface area contributed by atoms with E-state index in [-0.39, 0.29) is 17.0 Å². The van der Waals surface area contributed by atoms with Crippen molar-refractivity contribution < 1.29 is 19.2 Å². The number of nitro groups is 1. The Morgan fingerprint density at radius 1 is 1.02 bits per heavy atom. The van der Waals surface area contributed by atoms with Crippen LogP contribution in [-0.4, -0.2) is 28.0 Å². The predicted molar refractivity (Wildman–Crippen MR) is 168 cm³/mol. The number of hydrogen-bond acceptors (Lipinski definition) is 6. The second-order valence-corrected chi connectivity index (χ2v) is 10.9. The minimum absolute atomic E-state index is 0.130. The second-order valence-electron chi connectivity index (χ2n) is 9.13. The molecule has 0 unspecified atom stereocenters. The number of nitro benzene ring substituents is 1. The molecule has 0 saturated carbocycles. The molecule has 210 valence electrons. The number of ether oxygens (including phenoxy) is 1. The summed E-state index contributed by atoms with van der Waals surface area (Å²) in [5, 5.41) is 16.0. The highest BCUT2D eigenvalue weighted by molar-refractivity contribution is 9.11. The van der Waals surface area contributed by atoms with Gasteiger partial charge in [-0.25, -0.2) is 10.2 Å². The number of amides is 1. The average molecular weight is 690 g/mol. The summed E-state index contributed by atoms with van der Waals surface area (Å²) in [6.07, 6.45) is 2.17. The summed E-state index contributed by atoms with van der Waals surface area (Å²) in [5.41, 5.74) is 6.98. The van der Waals surface area contributed by atoms with Crippen molar-refractivity contribution in [1.29, 1.82) is 0 Å². The first-order valence-electron chi connectivity index (χ1n) is 12.7. The van der Waals surface area contributed by atoms with E-state index in [0.29, 0.717) is 20.2 Å². The van der Waals surface area contributed by atoms with E-state index in [2.05, 4.69) is 54.3 Å². The quantitative estimate of drug-likeness (QED) is 0.0565. The number of para-hydroxylation sites is 1. The van der Waals surface area contributed by atoms with Crippen LogP contribution in [0.15, 0.2) is 99.0 Å². The largest absolute Gasteiger partial charge is 0.421 e. The molecule has 2 N–H and O–H groups in total. The molecule has 0 bridgehead atoms. The van der Waals surface area contributed by atoms with Crippen LogP contribution in [0.3, 0.4) is 0 Å². The molecule has 5 aromatic rings. The highest BCUT2D eigenvalue weighted by Gasteiger charge is 2.21. The van der Waals surface area contributed by atoms with Crippen LogP contribution in [0.4, 0.5) is 5.69 Å². The minimum Gasteiger partial charge on any atom is -0.421 e. The number of rotatable bonds is 8. The zero-order valence-corrected chi connectivity index (χ0v) is 25.2. The fraction of sp³-hybridized carbons (Fsp3) is 0.0645. The molecule has 0 atom stereocenters. The lowest BCUT2D eigenvalue weighted by molar-refractivity contribution is -0.384. The number of halogens is 2. The zero-order valence-electron chi connectivity index (χ0n) is 22.1. The monoisotopic (exact) mass is 688 g/mol. The number of H-pyrrole nitrogens is 1. The van der Waals surface area contributed by atoms with E-state index in [1.54, 1.807) is 12.1 Å². The molecule has 0 aliphatic carbocycles. The number of aromatic nitrogens is 1. The number of benzene rings is 4. The fourth-order valence-electron chi connectivity index (χ4n) is 4.52. The molecule has 0 saturated heterocycles. The number of carbonyl (C=O) groups is 2. The molecule has 9 nitrogen and oxygen atoms in total. The van der Waals surface area contributed by atoms with Gasteiger partial charge < -0.3 is 9.72 Å². The number of hydrogen-bond donors (Lipinski definition) is 2. The molecule has 1 heterocycles. The second kappa shape index (κ2) is 12.5. The van der Waals surface area contributed by atoms with Crippen LogP contribution in [-0.2, 0) is 6.42 Å². The molecule has 42 heavy (non-hydrogen) atoms. The molecule has 0 fully saturated rings. The van der Waals surface area contributed by atoms with Gasteiger partial charge in [-0.15, -0.1) is 0 Å². The summed E-state index contributed by atoms with van der Waals surface area (Å²) in [6, 6.07) is 24.1. The van der Waals surface area contributed by atoms with Crippen LogP contribution >= 0.6 is 31.9 Å². The molecular formula is C31H22Br2N4O5. The zero-order chi connectivity index (χ0) is 29.8. The van der Waals surface area contributed by atoms with Crippen LogP contribution in [0.25, 0.3) is 22.0 Å². The molecular weight excluding hydrogens is 668 g/mol. The molecule has 4 aromatic carbocycles. The highest BCUT2D eigenvalue weighted by Crippen LogP contribution is 2.35. The van der Waals surface area contributed by atoms with Crippen molar-refractivity contribution in [3.63, 3.8) is 0 Å². The van der Waals surface area contributed by atoms with E-state index in [4.69, 9.17) is 4.74 Å². The number of nitrogens with zero attached hydrogens (tertiary/aromatic N) is 2. The maximum absolute atomic E-state index is 13.4. The first-order valence-corrected chi connectivity index (χ1v) is 14.3. The molecule has 5 rings (SSSR count). The van der Waals surface area contributed by atoms with Gasteiger partial charge >= 0.3 is 5.97 Å². The van der Waals surface area contributed by atoms with Gasteiger partial charge in [-0.1, -0.05) is 71.4 Å². The molecule has 1 aromatic heterocycles. The Balaban J connectivity index is 1.43. The van der Waals surface area contributed by atoms with Gasteiger partial charge in [0.25, 0.3) is 11.6 Å². The van der Waals surface area contributed by atoms with E-state index in [1.807, 2.05) is 48.5 Å². The Bertz CT molecular complexity index is 1850. The lowest BCUT2D eigenvalue weighted by Crippen LogP contribution is -2.19. The summed E-state index contributed by atoms with van der Waals surface area (Å²) in [4.78, 5) is 39.9. The summed E-state index contributed by atoms with van der Waals surface area (Å²) >= 11 is 6.82. The van der Waals surface area contributed by atoms with Gasteiger partial charge in [-0.3, -0.25) is 14.9 Å². The third-order valence-electron chi connectivity index (χ3n) is 6.51. The van der Waals surface area contributed by atoms with Gasteiger partial charge in [0.2, 0.25) is 0 Å². The van der Waals surface area contributed by atoms with Crippen LogP contribution in [0.5, 0.6) is 5.75 Å². The number of aryl methyl sites for hydroxylation is 1. The molecule has 1 amide bonds. The molecule has 11 heteroatoms. The third-order valence-corrected chi connectivity index (χ3v) is 7.55. The first-order chi connectivity index (χ1) is 20.3. The van der Waals surface area contributed by atoms with Gasteiger partial charge in [0, 0.05) is 38.6 Å². The van der Waals surface area contributed by atoms with Crippen molar-refractivity contribution in [2.45, 2.75) is 13.3 Å². The molecule has 0 aliphatic heterocycles. The van der Waals surface area contributed by atoms with Crippen molar-refractivity contribution >= 4 is 66.5 Å². The minimum atomic E-state index is -0.719. The number of nitrogens with one attached hydrogen (secondary N) is 2. The van der Waals surface area contributed by atoms with E-state index >= 15 is 0 Å². The van der Waals surface area contributed by atoms with Crippen LogP contribution in [0.1, 0.15) is 38.9 Å². The lowest BCUT2D eigenvalue weighted by atomic mass is 10.00. The van der Waals surface area contributed by atoms with E-state index < -0.39 is 16.8 Å². The van der Waals surface area contributed by atoms with Gasteiger partial charge in [0.1, 0.15) is 5.69 Å². The van der Waals surface area contributed by atoms with E-state index in [1.165, 1.54) is 30.5 Å². The Morgan fingerprint density at radius 3 is 2.45 bits per heavy atom. The van der Waals surface area contributed by atoms with E-state index in [9.17, 15) is 19.7 Å².